The van der Waals surface area contributed by atoms with Crippen molar-refractivity contribution in [1.29, 1.82) is 0 Å². The molecule has 0 amide bonds. The molecule has 4 aromatic carbocycles. The summed E-state index contributed by atoms with van der Waals surface area (Å²) in [6.07, 6.45) is 0. The number of hydrogen-bond acceptors (Lipinski definition) is 6. The molecule has 8 nitrogen and oxygen atoms in total. The molecule has 6 heterocycles. The van der Waals surface area contributed by atoms with Crippen LogP contribution in [0, 0.1) is 0 Å². The van der Waals surface area contributed by atoms with Crippen molar-refractivity contribution in [2.24, 2.45) is 30.0 Å². The van der Waals surface area contributed by atoms with E-state index in [1.165, 1.54) is 0 Å². The molecule has 0 radical (unpaired) electrons. The van der Waals surface area contributed by atoms with Crippen LogP contribution < -0.4 is 11.0 Å². The number of benzene rings is 4. The SMILES string of the molecule is CBr.CC.CC.CC.CC.c1ccc2c(c1)C1=NC2=Nc2c3ccccc3c3[n]2[GaH][n]2c(c4ccccc4c2=NC2=NC(=N3)c3ccccc32)=N1. The molecule has 51 heavy (non-hydrogen) atoms. The van der Waals surface area contributed by atoms with Gasteiger partial charge >= 0.3 is 241 Å². The summed E-state index contributed by atoms with van der Waals surface area (Å²) in [5.74, 6) is 6.28. The molecule has 258 valence electrons. The third kappa shape index (κ3) is 6.41. The molecule has 0 saturated heterocycles. The predicted octanol–water partition coefficient (Wildman–Crippen LogP) is 9.32. The van der Waals surface area contributed by atoms with E-state index in [1.54, 1.807) is 0 Å². The quantitative estimate of drug-likeness (QED) is 0.109. The van der Waals surface area contributed by atoms with Crippen LogP contribution in [0.2, 0.25) is 0 Å². The summed E-state index contributed by atoms with van der Waals surface area (Å²) in [7, 11) is 0. The Balaban J connectivity index is 0.000000468. The standard InChI is InChI=1S/C32H16N8.4C2H6.CH3Br.Ga.H/c1-2-10-18-17(9-1)25-33-26(18)38-28-21-13-5-6-14-22(21)30(35-28)40-32-24-16-8-7-15-23(24)31(36-32)39-29-20-12-4-3-11-19(20)27(34-29)37-25;5*1-2;;/h1-16H;4*1-2H3;1H3;;/q-2;;;;;;+2;. The second kappa shape index (κ2) is 17.0. The van der Waals surface area contributed by atoms with Crippen LogP contribution in [-0.2, 0) is 0 Å². The van der Waals surface area contributed by atoms with E-state index in [0.29, 0.717) is 23.3 Å². The van der Waals surface area contributed by atoms with Crippen molar-refractivity contribution in [2.45, 2.75) is 55.4 Å². The molecular formula is C41H44BrGaN8. The van der Waals surface area contributed by atoms with Gasteiger partial charge in [-0.05, 0) is 5.83 Å². The monoisotopic (exact) mass is 796 g/mol. The molecule has 0 atom stereocenters. The summed E-state index contributed by atoms with van der Waals surface area (Å²) < 4.78 is 4.69. The van der Waals surface area contributed by atoms with Gasteiger partial charge in [0.25, 0.3) is 0 Å². The summed E-state index contributed by atoms with van der Waals surface area (Å²) in [6.45, 7) is 16.0. The van der Waals surface area contributed by atoms with Crippen LogP contribution >= 0.6 is 15.9 Å². The van der Waals surface area contributed by atoms with Crippen LogP contribution in [0.5, 0.6) is 0 Å². The molecule has 0 N–H and O–H groups in total. The Kier molecular flexibility index (Phi) is 12.6. The molecule has 10 heteroatoms. The molecule has 6 bridgehead atoms. The van der Waals surface area contributed by atoms with Crippen LogP contribution in [0.15, 0.2) is 127 Å². The number of aromatic nitrogens is 2. The number of aliphatic imine (C=N–C) groups is 4. The molecule has 4 aliphatic heterocycles. The van der Waals surface area contributed by atoms with E-state index in [9.17, 15) is 0 Å². The first kappa shape index (κ1) is 37.6. The molecule has 0 spiro atoms. The Labute approximate surface area is 316 Å². The zero-order chi connectivity index (χ0) is 36.7. The van der Waals surface area contributed by atoms with Crippen LogP contribution in [-0.4, -0.2) is 53.6 Å². The van der Waals surface area contributed by atoms with E-state index in [0.717, 1.165) is 66.4 Å². The first-order chi connectivity index (χ1) is 25.3. The van der Waals surface area contributed by atoms with Gasteiger partial charge in [-0.25, -0.2) is 0 Å². The van der Waals surface area contributed by atoms with Crippen molar-refractivity contribution in [3.63, 3.8) is 0 Å². The van der Waals surface area contributed by atoms with Gasteiger partial charge in [0.1, 0.15) is 0 Å². The van der Waals surface area contributed by atoms with Gasteiger partial charge in [0.2, 0.25) is 0 Å². The molecule has 6 aromatic rings. The van der Waals surface area contributed by atoms with Crippen molar-refractivity contribution in [2.75, 3.05) is 5.83 Å². The van der Waals surface area contributed by atoms with E-state index in [1.807, 2.05) is 85.5 Å². The fourth-order valence-electron chi connectivity index (χ4n) is 6.35. The number of fused-ring (bicyclic) bond motifs is 14. The zero-order valence-corrected chi connectivity index (χ0v) is 35.5. The van der Waals surface area contributed by atoms with Gasteiger partial charge in [0.05, 0.1) is 0 Å². The third-order valence-electron chi connectivity index (χ3n) is 8.21. The first-order valence-electron chi connectivity index (χ1n) is 17.9. The van der Waals surface area contributed by atoms with Crippen molar-refractivity contribution < 1.29 is 0 Å². The van der Waals surface area contributed by atoms with E-state index in [-0.39, 0.29) is 0 Å². The molecule has 2 aromatic heterocycles. The van der Waals surface area contributed by atoms with Gasteiger partial charge in [-0.1, -0.05) is 71.3 Å². The van der Waals surface area contributed by atoms with E-state index in [2.05, 4.69) is 95.3 Å². The van der Waals surface area contributed by atoms with E-state index in [4.69, 9.17) is 30.0 Å². The van der Waals surface area contributed by atoms with Gasteiger partial charge < -0.3 is 0 Å². The van der Waals surface area contributed by atoms with Gasteiger partial charge in [-0.2, -0.15) is 0 Å². The predicted molar refractivity (Wildman–Crippen MR) is 223 cm³/mol. The van der Waals surface area contributed by atoms with Gasteiger partial charge in [-0.3, -0.25) is 0 Å². The van der Waals surface area contributed by atoms with Gasteiger partial charge in [0.15, 0.2) is 0 Å². The van der Waals surface area contributed by atoms with Crippen molar-refractivity contribution >= 4 is 90.3 Å². The van der Waals surface area contributed by atoms with Crippen molar-refractivity contribution in [3.8, 4) is 0 Å². The topological polar surface area (TPSA) is 84.0 Å². The Bertz CT molecular complexity index is 2300. The molecule has 0 fully saturated rings. The van der Waals surface area contributed by atoms with Crippen molar-refractivity contribution in [1.82, 2.24) is 6.55 Å². The molecule has 10 rings (SSSR count). The summed E-state index contributed by atoms with van der Waals surface area (Å²) in [5, 5.41) is 4.20. The van der Waals surface area contributed by atoms with E-state index < -0.39 is 17.9 Å². The second-order valence-electron chi connectivity index (χ2n) is 10.4. The molecular weight excluding hydrogens is 754 g/mol. The van der Waals surface area contributed by atoms with Gasteiger partial charge in [0, 0.05) is 0 Å². The fraction of sp³-hybridized carbons (Fsp3) is 0.220. The van der Waals surface area contributed by atoms with E-state index >= 15 is 0 Å². The Morgan fingerprint density at radius 1 is 0.373 bits per heavy atom. The minimum atomic E-state index is -1.97. The number of amidine groups is 4. The zero-order valence-electron chi connectivity index (χ0n) is 30.9. The van der Waals surface area contributed by atoms with Gasteiger partial charge in [-0.15, -0.1) is 0 Å². The third-order valence-corrected chi connectivity index (χ3v) is 11.9. The summed E-state index contributed by atoms with van der Waals surface area (Å²) in [6, 6.07) is 33.2. The normalized spacial score (nSPS) is 13.1. The molecule has 4 aliphatic rings. The van der Waals surface area contributed by atoms with Crippen LogP contribution in [0.3, 0.4) is 0 Å². The van der Waals surface area contributed by atoms with Crippen LogP contribution in [0.1, 0.15) is 77.6 Å². The minimum absolute atomic E-state index is 0.679. The second-order valence-corrected chi connectivity index (χ2v) is 13.7. The number of nitrogens with zero attached hydrogens (tertiary/aromatic N) is 8. The Morgan fingerprint density at radius 2 is 0.667 bits per heavy atom. The number of alkyl halides is 1. The Hall–Kier alpha value is -4.64. The average molecular weight is 798 g/mol. The molecule has 0 saturated carbocycles. The molecule has 0 aliphatic carbocycles. The first-order valence-corrected chi connectivity index (χ1v) is 22.1. The average Bonchev–Trinajstić information content (AvgIpc) is 3.92. The number of rotatable bonds is 0. The maximum absolute atomic E-state index is 5.27. The maximum atomic E-state index is 5.27. The van der Waals surface area contributed by atoms with Crippen LogP contribution in [0.4, 0.5) is 11.6 Å². The van der Waals surface area contributed by atoms with Crippen molar-refractivity contribution in [3.05, 3.63) is 130 Å². The molecule has 0 unspecified atom stereocenters. The summed E-state index contributed by atoms with van der Waals surface area (Å²) in [5.41, 5.74) is 5.70. The number of hydrogen-bond donors (Lipinski definition) is 0. The summed E-state index contributed by atoms with van der Waals surface area (Å²) in [4.78, 5) is 31.1. The Morgan fingerprint density at radius 3 is 1.02 bits per heavy atom. The van der Waals surface area contributed by atoms with Crippen LogP contribution in [0.25, 0.3) is 21.5 Å². The number of halogens is 1. The fourth-order valence-corrected chi connectivity index (χ4v) is 10.1. The summed E-state index contributed by atoms with van der Waals surface area (Å²) >= 11 is 0.971.